The fourth-order valence-corrected chi connectivity index (χ4v) is 2.07. The molecule has 2 aromatic rings. The topological polar surface area (TPSA) is 69.8 Å². The molecule has 0 unspecified atom stereocenters. The Morgan fingerprint density at radius 3 is 2.65 bits per heavy atom. The van der Waals surface area contributed by atoms with Crippen LogP contribution >= 0.6 is 23.2 Å². The summed E-state index contributed by atoms with van der Waals surface area (Å²) in [6, 6.07) is 3.48. The van der Waals surface area contributed by atoms with Crippen LogP contribution in [0.1, 0.15) is 16.1 Å². The zero-order valence-electron chi connectivity index (χ0n) is 11.5. The first-order chi connectivity index (χ1) is 10.8. The minimum Gasteiger partial charge on any atom is -0.368 e. The van der Waals surface area contributed by atoms with E-state index in [2.05, 4.69) is 20.6 Å². The van der Waals surface area contributed by atoms with Crippen molar-refractivity contribution >= 4 is 34.9 Å². The number of carbonyl (C=O) groups is 1. The van der Waals surface area contributed by atoms with Crippen molar-refractivity contribution in [2.45, 2.75) is 6.18 Å². The Kier molecular flexibility index (Phi) is 5.38. The van der Waals surface area contributed by atoms with E-state index in [1.807, 2.05) is 0 Å². The van der Waals surface area contributed by atoms with Gasteiger partial charge in [-0.3, -0.25) is 4.79 Å². The molecule has 0 aliphatic carbocycles. The number of nitrogens with zero attached hydrogens (tertiary/aromatic N) is 1. The van der Waals surface area contributed by atoms with Gasteiger partial charge in [-0.05, 0) is 18.2 Å². The van der Waals surface area contributed by atoms with Gasteiger partial charge in [-0.15, -0.1) is 0 Å². The summed E-state index contributed by atoms with van der Waals surface area (Å²) in [5.41, 5.74) is -0.705. The second-order valence-corrected chi connectivity index (χ2v) is 5.21. The summed E-state index contributed by atoms with van der Waals surface area (Å²) >= 11 is 11.4. The molecule has 23 heavy (non-hydrogen) atoms. The number of carbonyl (C=O) groups excluding carboxylic acids is 1. The number of hydrogen-bond acceptors (Lipinski definition) is 3. The van der Waals surface area contributed by atoms with Gasteiger partial charge in [0, 0.05) is 19.3 Å². The molecule has 0 aliphatic heterocycles. The fourth-order valence-electron chi connectivity index (χ4n) is 1.75. The van der Waals surface area contributed by atoms with E-state index in [4.69, 9.17) is 23.2 Å². The number of nitrogens with one attached hydrogen (secondary N) is 3. The summed E-state index contributed by atoms with van der Waals surface area (Å²) in [7, 11) is 0. The molecule has 0 bridgehead atoms. The second kappa shape index (κ2) is 7.10. The molecule has 0 fully saturated rings. The smallest absolute Gasteiger partial charge is 0.368 e. The second-order valence-electron chi connectivity index (χ2n) is 4.42. The third-order valence-electron chi connectivity index (χ3n) is 2.79. The number of H-pyrrole nitrogens is 1. The predicted molar refractivity (Wildman–Crippen MR) is 80.9 cm³/mol. The number of pyridine rings is 1. The highest BCUT2D eigenvalue weighted by molar-refractivity contribution is 6.41. The zero-order chi connectivity index (χ0) is 17.0. The Morgan fingerprint density at radius 1 is 1.30 bits per heavy atom. The first kappa shape index (κ1) is 17.4. The molecule has 0 saturated carbocycles. The summed E-state index contributed by atoms with van der Waals surface area (Å²) in [4.78, 5) is 18.0. The van der Waals surface area contributed by atoms with E-state index in [0.29, 0.717) is 0 Å². The molecule has 5 nitrogen and oxygen atoms in total. The summed E-state index contributed by atoms with van der Waals surface area (Å²) in [6.45, 7) is 0.148. The lowest BCUT2D eigenvalue weighted by molar-refractivity contribution is -0.137. The quantitative estimate of drug-likeness (QED) is 0.708. The number of halogens is 5. The average Bonchev–Trinajstić information content (AvgIpc) is 2.82. The normalized spacial score (nSPS) is 11.3. The van der Waals surface area contributed by atoms with Crippen LogP contribution < -0.4 is 10.6 Å². The molecule has 0 spiro atoms. The molecular weight excluding hydrogens is 356 g/mol. The van der Waals surface area contributed by atoms with Gasteiger partial charge < -0.3 is 15.6 Å². The van der Waals surface area contributed by atoms with Crippen LogP contribution in [-0.4, -0.2) is 29.0 Å². The third-order valence-corrected chi connectivity index (χ3v) is 3.48. The van der Waals surface area contributed by atoms with Crippen molar-refractivity contribution in [1.29, 1.82) is 0 Å². The van der Waals surface area contributed by atoms with Gasteiger partial charge in [0.05, 0.1) is 10.6 Å². The molecule has 0 aromatic carbocycles. The van der Waals surface area contributed by atoms with Gasteiger partial charge in [0.25, 0.3) is 5.91 Å². The average molecular weight is 367 g/mol. The van der Waals surface area contributed by atoms with Crippen molar-refractivity contribution in [3.05, 3.63) is 45.8 Å². The first-order valence-corrected chi connectivity index (χ1v) is 7.13. The van der Waals surface area contributed by atoms with Gasteiger partial charge in [0.15, 0.2) is 0 Å². The van der Waals surface area contributed by atoms with Crippen molar-refractivity contribution in [1.82, 2.24) is 15.3 Å². The van der Waals surface area contributed by atoms with Crippen LogP contribution in [-0.2, 0) is 6.18 Å². The molecule has 3 N–H and O–H groups in total. The number of anilines is 1. The third kappa shape index (κ3) is 4.52. The lowest BCUT2D eigenvalue weighted by Crippen LogP contribution is -2.29. The molecule has 2 rings (SSSR count). The van der Waals surface area contributed by atoms with E-state index in [1.54, 1.807) is 0 Å². The molecule has 0 saturated heterocycles. The zero-order valence-corrected chi connectivity index (χ0v) is 13.0. The van der Waals surface area contributed by atoms with E-state index in [9.17, 15) is 18.0 Å². The number of rotatable bonds is 5. The van der Waals surface area contributed by atoms with Gasteiger partial charge in [0.2, 0.25) is 0 Å². The summed E-state index contributed by atoms with van der Waals surface area (Å²) < 4.78 is 38.3. The number of aromatic amines is 1. The van der Waals surface area contributed by atoms with Crippen LogP contribution in [0.15, 0.2) is 24.4 Å². The Bertz CT molecular complexity index is 683. The van der Waals surface area contributed by atoms with Gasteiger partial charge in [-0.2, -0.15) is 13.2 Å². The highest BCUT2D eigenvalue weighted by Gasteiger charge is 2.33. The Labute approximate surface area is 139 Å². The minimum absolute atomic E-state index is 0.0635. The maximum absolute atomic E-state index is 12.8. The van der Waals surface area contributed by atoms with Crippen molar-refractivity contribution < 1.29 is 18.0 Å². The van der Waals surface area contributed by atoms with Crippen LogP contribution in [0, 0.1) is 0 Å². The SMILES string of the molecule is O=C(NCCNc1ncccc1C(F)(F)F)c1cc(Cl)c(Cl)[nH]1. The van der Waals surface area contributed by atoms with Crippen molar-refractivity contribution in [3.8, 4) is 0 Å². The van der Waals surface area contributed by atoms with Crippen LogP contribution in [0.4, 0.5) is 19.0 Å². The van der Waals surface area contributed by atoms with Crippen molar-refractivity contribution in [2.75, 3.05) is 18.4 Å². The lowest BCUT2D eigenvalue weighted by Gasteiger charge is -2.13. The predicted octanol–water partition coefficient (Wildman–Crippen LogP) is 3.58. The fraction of sp³-hybridized carbons (Fsp3) is 0.231. The van der Waals surface area contributed by atoms with Gasteiger partial charge in [-0.25, -0.2) is 4.98 Å². The molecule has 0 aliphatic rings. The summed E-state index contributed by atoms with van der Waals surface area (Å²) in [6.07, 6.45) is -3.25. The van der Waals surface area contributed by atoms with Crippen LogP contribution in [0.5, 0.6) is 0 Å². The van der Waals surface area contributed by atoms with Gasteiger partial charge in [-0.1, -0.05) is 23.2 Å². The molecular formula is C13H11Cl2F3N4O. The first-order valence-electron chi connectivity index (χ1n) is 6.37. The molecule has 0 radical (unpaired) electrons. The van der Waals surface area contributed by atoms with Crippen molar-refractivity contribution in [2.24, 2.45) is 0 Å². The van der Waals surface area contributed by atoms with E-state index >= 15 is 0 Å². The number of hydrogen-bond donors (Lipinski definition) is 3. The molecule has 124 valence electrons. The Balaban J connectivity index is 1.88. The minimum atomic E-state index is -4.50. The molecule has 2 heterocycles. The molecule has 10 heteroatoms. The number of alkyl halides is 3. The van der Waals surface area contributed by atoms with E-state index in [0.717, 1.165) is 6.07 Å². The monoisotopic (exact) mass is 366 g/mol. The standard InChI is InChI=1S/C13H11Cl2F3N4O/c14-8-6-9(22-10(8)15)12(23)21-5-4-20-11-7(13(16,17)18)2-1-3-19-11/h1-3,6,22H,4-5H2,(H,19,20)(H,21,23). The molecule has 2 aromatic heterocycles. The van der Waals surface area contributed by atoms with Crippen LogP contribution in [0.2, 0.25) is 10.2 Å². The van der Waals surface area contributed by atoms with Crippen LogP contribution in [0.3, 0.4) is 0 Å². The largest absolute Gasteiger partial charge is 0.419 e. The number of amides is 1. The lowest BCUT2D eigenvalue weighted by atomic mass is 10.2. The maximum atomic E-state index is 12.8. The summed E-state index contributed by atoms with van der Waals surface area (Å²) in [5, 5.41) is 5.39. The van der Waals surface area contributed by atoms with Gasteiger partial charge >= 0.3 is 6.18 Å². The molecule has 0 atom stereocenters. The summed E-state index contributed by atoms with van der Waals surface area (Å²) in [5.74, 6) is -0.766. The van der Waals surface area contributed by atoms with Gasteiger partial charge in [0.1, 0.15) is 16.7 Å². The Hall–Kier alpha value is -1.93. The van der Waals surface area contributed by atoms with E-state index < -0.39 is 17.6 Å². The maximum Gasteiger partial charge on any atom is 0.419 e. The number of aromatic nitrogens is 2. The Morgan fingerprint density at radius 2 is 2.04 bits per heavy atom. The highest BCUT2D eigenvalue weighted by Crippen LogP contribution is 2.33. The van der Waals surface area contributed by atoms with Crippen LogP contribution in [0.25, 0.3) is 0 Å². The van der Waals surface area contributed by atoms with E-state index in [1.165, 1.54) is 18.3 Å². The van der Waals surface area contributed by atoms with E-state index in [-0.39, 0.29) is 34.8 Å². The highest BCUT2D eigenvalue weighted by atomic mass is 35.5. The van der Waals surface area contributed by atoms with Crippen molar-refractivity contribution in [3.63, 3.8) is 0 Å². The molecule has 1 amide bonds.